The van der Waals surface area contributed by atoms with Crippen LogP contribution in [0.3, 0.4) is 0 Å². The Balaban J connectivity index is 0.00000210. The number of alkyl halides is 1. The maximum Gasteiger partial charge on any atom is 0.126 e. The SMILES string of the molecule is Cc1cc(-c2cn(CCN3CCC3)c([C@H]3CCNC[C@H]3F)n2)ccc1F.Cl.Cl.Cl.Cl. The molecule has 1 aromatic carbocycles. The van der Waals surface area contributed by atoms with Gasteiger partial charge in [-0.05, 0) is 63.2 Å². The maximum atomic E-state index is 14.5. The number of aryl methyl sites for hydroxylation is 1. The second-order valence-corrected chi connectivity index (χ2v) is 7.45. The second kappa shape index (κ2) is 13.0. The van der Waals surface area contributed by atoms with Crippen LogP contribution in [0.5, 0.6) is 0 Å². The molecule has 0 saturated carbocycles. The number of aromatic nitrogens is 2. The number of nitrogens with one attached hydrogen (secondary N) is 1. The number of nitrogens with zero attached hydrogens (tertiary/aromatic N) is 3. The first kappa shape index (κ1) is 29.4. The summed E-state index contributed by atoms with van der Waals surface area (Å²) in [6, 6.07) is 5.05. The molecule has 1 aromatic heterocycles. The predicted octanol–water partition coefficient (Wildman–Crippen LogP) is 4.81. The molecule has 0 bridgehead atoms. The molecule has 2 aliphatic rings. The summed E-state index contributed by atoms with van der Waals surface area (Å²) >= 11 is 0. The van der Waals surface area contributed by atoms with Gasteiger partial charge in [0, 0.05) is 31.4 Å². The molecule has 0 radical (unpaired) electrons. The summed E-state index contributed by atoms with van der Waals surface area (Å²) < 4.78 is 30.3. The fraction of sp³-hybridized carbons (Fsp3) is 0.550. The van der Waals surface area contributed by atoms with E-state index in [0.29, 0.717) is 12.1 Å². The zero-order valence-electron chi connectivity index (χ0n) is 16.9. The van der Waals surface area contributed by atoms with Gasteiger partial charge < -0.3 is 14.8 Å². The third-order valence-electron chi connectivity index (χ3n) is 5.61. The average molecular weight is 506 g/mol. The van der Waals surface area contributed by atoms with Crippen LogP contribution >= 0.6 is 49.6 Å². The predicted molar refractivity (Wildman–Crippen MR) is 128 cm³/mol. The first-order valence-electron chi connectivity index (χ1n) is 9.52. The van der Waals surface area contributed by atoms with Crippen LogP contribution in [0.2, 0.25) is 0 Å². The Hall–Kier alpha value is -0.630. The fourth-order valence-electron chi connectivity index (χ4n) is 3.81. The summed E-state index contributed by atoms with van der Waals surface area (Å²) in [5.74, 6) is 0.438. The summed E-state index contributed by atoms with van der Waals surface area (Å²) in [7, 11) is 0. The third kappa shape index (κ3) is 6.44. The Morgan fingerprint density at radius 2 is 1.87 bits per heavy atom. The van der Waals surface area contributed by atoms with Gasteiger partial charge in [0.2, 0.25) is 0 Å². The average Bonchev–Trinajstić information content (AvgIpc) is 3.00. The lowest BCUT2D eigenvalue weighted by Crippen LogP contribution is -2.40. The van der Waals surface area contributed by atoms with E-state index in [-0.39, 0.29) is 61.4 Å². The Morgan fingerprint density at radius 3 is 2.47 bits per heavy atom. The molecular formula is C20H30Cl4F2N4. The maximum absolute atomic E-state index is 14.5. The van der Waals surface area contributed by atoms with E-state index in [1.165, 1.54) is 12.5 Å². The van der Waals surface area contributed by atoms with E-state index in [2.05, 4.69) is 14.8 Å². The second-order valence-electron chi connectivity index (χ2n) is 7.45. The molecule has 3 heterocycles. The van der Waals surface area contributed by atoms with Gasteiger partial charge in [-0.3, -0.25) is 0 Å². The van der Waals surface area contributed by atoms with Gasteiger partial charge in [0.25, 0.3) is 0 Å². The smallest absolute Gasteiger partial charge is 0.126 e. The Morgan fingerprint density at radius 1 is 1.13 bits per heavy atom. The highest BCUT2D eigenvalue weighted by Gasteiger charge is 2.30. The van der Waals surface area contributed by atoms with Gasteiger partial charge in [0.05, 0.1) is 11.6 Å². The molecule has 30 heavy (non-hydrogen) atoms. The number of rotatable bonds is 5. The summed E-state index contributed by atoms with van der Waals surface area (Å²) in [6.07, 6.45) is 3.11. The van der Waals surface area contributed by atoms with Crippen molar-refractivity contribution in [3.8, 4) is 11.3 Å². The molecule has 4 rings (SSSR count). The molecule has 2 saturated heterocycles. The van der Waals surface area contributed by atoms with E-state index >= 15 is 0 Å². The van der Waals surface area contributed by atoms with Gasteiger partial charge in [-0.15, -0.1) is 49.6 Å². The third-order valence-corrected chi connectivity index (χ3v) is 5.61. The van der Waals surface area contributed by atoms with Gasteiger partial charge in [-0.2, -0.15) is 0 Å². The van der Waals surface area contributed by atoms with Gasteiger partial charge >= 0.3 is 0 Å². The molecule has 0 spiro atoms. The van der Waals surface area contributed by atoms with Crippen LogP contribution in [0.15, 0.2) is 24.4 Å². The van der Waals surface area contributed by atoms with Gasteiger partial charge in [0.1, 0.15) is 17.8 Å². The Bertz CT molecular complexity index is 786. The Labute approximate surface area is 201 Å². The van der Waals surface area contributed by atoms with Gasteiger partial charge in [-0.1, -0.05) is 0 Å². The molecule has 10 heteroatoms. The molecule has 0 unspecified atom stereocenters. The molecular weight excluding hydrogens is 476 g/mol. The van der Waals surface area contributed by atoms with Crippen LogP contribution in [0.4, 0.5) is 8.78 Å². The highest BCUT2D eigenvalue weighted by Crippen LogP contribution is 2.30. The minimum atomic E-state index is -0.920. The van der Waals surface area contributed by atoms with Crippen molar-refractivity contribution in [2.75, 3.05) is 32.7 Å². The molecule has 4 nitrogen and oxygen atoms in total. The Kier molecular flexibility index (Phi) is 12.8. The van der Waals surface area contributed by atoms with E-state index in [0.717, 1.165) is 56.2 Å². The zero-order valence-corrected chi connectivity index (χ0v) is 20.1. The summed E-state index contributed by atoms with van der Waals surface area (Å²) in [4.78, 5) is 7.20. The number of imidazole rings is 1. The molecule has 1 N–H and O–H groups in total. The molecule has 0 aliphatic carbocycles. The van der Waals surface area contributed by atoms with Crippen molar-refractivity contribution in [2.24, 2.45) is 0 Å². The quantitative estimate of drug-likeness (QED) is 0.633. The van der Waals surface area contributed by atoms with E-state index in [1.54, 1.807) is 13.0 Å². The van der Waals surface area contributed by atoms with Gasteiger partial charge in [-0.25, -0.2) is 13.8 Å². The van der Waals surface area contributed by atoms with E-state index in [4.69, 9.17) is 4.98 Å². The molecule has 2 atom stereocenters. The van der Waals surface area contributed by atoms with Crippen LogP contribution in [-0.4, -0.2) is 53.3 Å². The zero-order chi connectivity index (χ0) is 18.1. The van der Waals surface area contributed by atoms with Gasteiger partial charge in [0.15, 0.2) is 0 Å². The monoisotopic (exact) mass is 504 g/mol. The molecule has 172 valence electrons. The topological polar surface area (TPSA) is 33.1 Å². The molecule has 2 aromatic rings. The minimum absolute atomic E-state index is 0. The first-order valence-corrected chi connectivity index (χ1v) is 9.52. The van der Waals surface area contributed by atoms with Crippen LogP contribution in [0.1, 0.15) is 30.1 Å². The standard InChI is InChI=1S/C20H26F2N4.4ClH/c1-14-11-15(3-4-17(14)21)19-13-26(10-9-25-7-2-8-25)20(24-19)16-5-6-23-12-18(16)22;;;;/h3-4,11,13,16,18,23H,2,5-10,12H2,1H3;4*1H/t16-,18+;;;;/m0..../s1. The normalized spacial score (nSPS) is 20.6. The minimum Gasteiger partial charge on any atom is -0.333 e. The van der Waals surface area contributed by atoms with Crippen molar-refractivity contribution in [3.05, 3.63) is 41.6 Å². The summed E-state index contributed by atoms with van der Waals surface area (Å²) in [6.45, 7) is 7.03. The van der Waals surface area contributed by atoms with Crippen molar-refractivity contribution < 1.29 is 8.78 Å². The van der Waals surface area contributed by atoms with Crippen LogP contribution in [0, 0.1) is 12.7 Å². The van der Waals surface area contributed by atoms with E-state index in [1.807, 2.05) is 12.3 Å². The number of piperidine rings is 1. The lowest BCUT2D eigenvalue weighted by molar-refractivity contribution is 0.171. The van der Waals surface area contributed by atoms with Crippen molar-refractivity contribution >= 4 is 49.6 Å². The largest absolute Gasteiger partial charge is 0.333 e. The molecule has 2 aliphatic heterocycles. The van der Waals surface area contributed by atoms with Crippen LogP contribution in [0.25, 0.3) is 11.3 Å². The number of halogens is 6. The number of hydrogen-bond acceptors (Lipinski definition) is 3. The number of likely N-dealkylation sites (tertiary alicyclic amines) is 1. The van der Waals surface area contributed by atoms with Crippen molar-refractivity contribution in [1.29, 1.82) is 0 Å². The van der Waals surface area contributed by atoms with Crippen LogP contribution < -0.4 is 5.32 Å². The lowest BCUT2D eigenvalue weighted by atomic mass is 9.95. The van der Waals surface area contributed by atoms with Crippen molar-refractivity contribution in [2.45, 2.75) is 38.4 Å². The highest BCUT2D eigenvalue weighted by atomic mass is 35.5. The van der Waals surface area contributed by atoms with E-state index in [9.17, 15) is 8.78 Å². The number of hydrogen-bond donors (Lipinski definition) is 1. The summed E-state index contributed by atoms with van der Waals surface area (Å²) in [5, 5.41) is 3.11. The summed E-state index contributed by atoms with van der Waals surface area (Å²) in [5.41, 5.74) is 2.29. The lowest BCUT2D eigenvalue weighted by Gasteiger charge is -2.31. The highest BCUT2D eigenvalue weighted by molar-refractivity contribution is 5.86. The molecule has 0 amide bonds. The van der Waals surface area contributed by atoms with Crippen LogP contribution in [-0.2, 0) is 6.54 Å². The van der Waals surface area contributed by atoms with E-state index < -0.39 is 6.17 Å². The fourth-order valence-corrected chi connectivity index (χ4v) is 3.81. The molecule has 2 fully saturated rings. The first-order chi connectivity index (χ1) is 12.6. The van der Waals surface area contributed by atoms with Crippen molar-refractivity contribution in [1.82, 2.24) is 19.8 Å². The van der Waals surface area contributed by atoms with Crippen molar-refractivity contribution in [3.63, 3.8) is 0 Å². The number of benzene rings is 1.